The van der Waals surface area contributed by atoms with Gasteiger partial charge in [-0.05, 0) is 18.4 Å². The lowest BCUT2D eigenvalue weighted by Gasteiger charge is -2.25. The predicted molar refractivity (Wildman–Crippen MR) is 62.0 cm³/mol. The lowest BCUT2D eigenvalue weighted by Crippen LogP contribution is -2.33. The Balaban J connectivity index is 2.79. The van der Waals surface area contributed by atoms with Crippen LogP contribution in [0.25, 0.3) is 0 Å². The van der Waals surface area contributed by atoms with Crippen LogP contribution in [0.4, 0.5) is 10.1 Å². The number of sulfonamides is 1. The molecule has 1 aliphatic rings. The Morgan fingerprint density at radius 3 is 2.75 bits per heavy atom. The maximum Gasteiger partial charge on any atom is 0.267 e. The second-order valence-corrected chi connectivity index (χ2v) is 5.87. The average Bonchev–Trinajstić information content (AvgIpc) is 2.25. The fourth-order valence-electron chi connectivity index (χ4n) is 1.40. The molecule has 1 heterocycles. The minimum Gasteiger partial charge on any atom is -0.247 e. The van der Waals surface area contributed by atoms with Crippen molar-refractivity contribution in [3.05, 3.63) is 24.0 Å². The quantitative estimate of drug-likeness (QED) is 0.715. The standard InChI is InChI=1S/C9H9FN2O2S2/c1-12-9(15-2)11-8-6(10)4-3-5-7(8)16(12,13)14/h3-5H,1-2H3. The van der Waals surface area contributed by atoms with Crippen molar-refractivity contribution in [3.8, 4) is 0 Å². The molecule has 1 aromatic rings. The smallest absolute Gasteiger partial charge is 0.247 e. The van der Waals surface area contributed by atoms with Crippen molar-refractivity contribution >= 4 is 32.6 Å². The van der Waals surface area contributed by atoms with Gasteiger partial charge in [0.1, 0.15) is 16.4 Å². The Labute approximate surface area is 97.2 Å². The Kier molecular flexibility index (Phi) is 2.67. The van der Waals surface area contributed by atoms with Crippen LogP contribution in [0.5, 0.6) is 0 Å². The molecule has 0 amide bonds. The van der Waals surface area contributed by atoms with Gasteiger partial charge >= 0.3 is 0 Å². The zero-order valence-corrected chi connectivity index (χ0v) is 10.3. The average molecular weight is 260 g/mol. The van der Waals surface area contributed by atoms with Crippen LogP contribution in [0.1, 0.15) is 0 Å². The molecule has 0 unspecified atom stereocenters. The zero-order chi connectivity index (χ0) is 11.9. The van der Waals surface area contributed by atoms with E-state index >= 15 is 0 Å². The lowest BCUT2D eigenvalue weighted by atomic mass is 10.3. The van der Waals surface area contributed by atoms with E-state index in [9.17, 15) is 12.8 Å². The molecular weight excluding hydrogens is 251 g/mol. The highest BCUT2D eigenvalue weighted by Gasteiger charge is 2.32. The Bertz CT molecular complexity index is 569. The van der Waals surface area contributed by atoms with E-state index in [1.54, 1.807) is 6.26 Å². The molecular formula is C9H9FN2O2S2. The van der Waals surface area contributed by atoms with Gasteiger partial charge in [0.15, 0.2) is 5.17 Å². The normalized spacial score (nSPS) is 17.9. The minimum atomic E-state index is -3.66. The van der Waals surface area contributed by atoms with Crippen LogP contribution in [-0.2, 0) is 10.0 Å². The van der Waals surface area contributed by atoms with Crippen LogP contribution in [0.3, 0.4) is 0 Å². The highest BCUT2D eigenvalue weighted by Crippen LogP contribution is 2.35. The molecule has 4 nitrogen and oxygen atoms in total. The summed E-state index contributed by atoms with van der Waals surface area (Å²) in [5.41, 5.74) is -0.107. The molecule has 86 valence electrons. The van der Waals surface area contributed by atoms with Crippen molar-refractivity contribution in [1.82, 2.24) is 4.31 Å². The van der Waals surface area contributed by atoms with E-state index in [1.165, 1.54) is 25.2 Å². The van der Waals surface area contributed by atoms with Crippen LogP contribution in [-0.4, -0.2) is 31.2 Å². The molecule has 0 aromatic heterocycles. The van der Waals surface area contributed by atoms with Crippen molar-refractivity contribution in [1.29, 1.82) is 0 Å². The molecule has 0 saturated carbocycles. The minimum absolute atomic E-state index is 0.0900. The first-order valence-electron chi connectivity index (χ1n) is 4.38. The molecule has 1 aliphatic heterocycles. The summed E-state index contributed by atoms with van der Waals surface area (Å²) in [6.07, 6.45) is 1.69. The molecule has 0 N–H and O–H groups in total. The van der Waals surface area contributed by atoms with Gasteiger partial charge < -0.3 is 0 Å². The van der Waals surface area contributed by atoms with E-state index < -0.39 is 15.8 Å². The summed E-state index contributed by atoms with van der Waals surface area (Å²) >= 11 is 1.16. The third-order valence-corrected chi connectivity index (χ3v) is 4.87. The lowest BCUT2D eigenvalue weighted by molar-refractivity contribution is 0.549. The van der Waals surface area contributed by atoms with Gasteiger partial charge in [-0.1, -0.05) is 17.8 Å². The molecule has 0 saturated heterocycles. The number of thioether (sulfide) groups is 1. The van der Waals surface area contributed by atoms with E-state index in [1.807, 2.05) is 0 Å². The zero-order valence-electron chi connectivity index (χ0n) is 8.64. The number of aliphatic imine (C=N–C) groups is 1. The molecule has 0 radical (unpaired) electrons. The number of benzene rings is 1. The second kappa shape index (κ2) is 3.74. The van der Waals surface area contributed by atoms with Gasteiger partial charge in [-0.25, -0.2) is 22.1 Å². The summed E-state index contributed by atoms with van der Waals surface area (Å²) in [6.45, 7) is 0. The third kappa shape index (κ3) is 1.51. The van der Waals surface area contributed by atoms with Crippen molar-refractivity contribution in [2.75, 3.05) is 13.3 Å². The number of amidine groups is 1. The van der Waals surface area contributed by atoms with Crippen LogP contribution < -0.4 is 0 Å². The van der Waals surface area contributed by atoms with Crippen molar-refractivity contribution in [2.45, 2.75) is 4.90 Å². The first-order valence-corrected chi connectivity index (χ1v) is 7.05. The van der Waals surface area contributed by atoms with Gasteiger partial charge in [-0.2, -0.15) is 0 Å². The molecule has 0 spiro atoms. The first-order chi connectivity index (χ1) is 7.48. The molecule has 0 atom stereocenters. The Hall–Kier alpha value is -1.08. The SMILES string of the molecule is CSC1=Nc2c(F)cccc2S(=O)(=O)N1C. The number of rotatable bonds is 0. The predicted octanol–water partition coefficient (Wildman–Crippen LogP) is 1.81. The Morgan fingerprint density at radius 1 is 1.44 bits per heavy atom. The van der Waals surface area contributed by atoms with Crippen LogP contribution in [0.2, 0.25) is 0 Å². The largest absolute Gasteiger partial charge is 0.267 e. The summed E-state index contributed by atoms with van der Waals surface area (Å²) in [5.74, 6) is -0.624. The van der Waals surface area contributed by atoms with Gasteiger partial charge in [0.2, 0.25) is 0 Å². The third-order valence-electron chi connectivity index (χ3n) is 2.25. The summed E-state index contributed by atoms with van der Waals surface area (Å²) in [5, 5.41) is 0.262. The monoisotopic (exact) mass is 260 g/mol. The summed E-state index contributed by atoms with van der Waals surface area (Å²) < 4.78 is 38.5. The maximum atomic E-state index is 13.5. The van der Waals surface area contributed by atoms with Gasteiger partial charge in [-0.3, -0.25) is 0 Å². The van der Waals surface area contributed by atoms with Crippen molar-refractivity contribution in [3.63, 3.8) is 0 Å². The fourth-order valence-corrected chi connectivity index (χ4v) is 3.54. The van der Waals surface area contributed by atoms with Crippen molar-refractivity contribution in [2.24, 2.45) is 4.99 Å². The van der Waals surface area contributed by atoms with Gasteiger partial charge in [-0.15, -0.1) is 0 Å². The number of hydrogen-bond acceptors (Lipinski definition) is 4. The van der Waals surface area contributed by atoms with E-state index in [0.29, 0.717) is 0 Å². The highest BCUT2D eigenvalue weighted by molar-refractivity contribution is 8.14. The van der Waals surface area contributed by atoms with Gasteiger partial charge in [0.05, 0.1) is 0 Å². The van der Waals surface area contributed by atoms with E-state index in [4.69, 9.17) is 0 Å². The van der Waals surface area contributed by atoms with E-state index in [2.05, 4.69) is 4.99 Å². The van der Waals surface area contributed by atoms with Crippen LogP contribution in [0.15, 0.2) is 28.1 Å². The second-order valence-electron chi connectivity index (χ2n) is 3.16. The maximum absolute atomic E-state index is 13.5. The summed E-state index contributed by atoms with van der Waals surface area (Å²) in [7, 11) is -2.26. The van der Waals surface area contributed by atoms with Gasteiger partial charge in [0.25, 0.3) is 10.0 Å². The van der Waals surface area contributed by atoms with E-state index in [-0.39, 0.29) is 15.8 Å². The first kappa shape index (κ1) is 11.4. The van der Waals surface area contributed by atoms with Crippen LogP contribution >= 0.6 is 11.8 Å². The summed E-state index contributed by atoms with van der Waals surface area (Å²) in [6, 6.07) is 3.91. The van der Waals surface area contributed by atoms with E-state index in [0.717, 1.165) is 16.1 Å². The van der Waals surface area contributed by atoms with Crippen molar-refractivity contribution < 1.29 is 12.8 Å². The molecule has 7 heteroatoms. The van der Waals surface area contributed by atoms with Crippen LogP contribution in [0, 0.1) is 5.82 Å². The number of para-hydroxylation sites is 1. The number of fused-ring (bicyclic) bond motifs is 1. The Morgan fingerprint density at radius 2 is 2.12 bits per heavy atom. The topological polar surface area (TPSA) is 49.7 Å². The molecule has 0 aliphatic carbocycles. The summed E-state index contributed by atoms with van der Waals surface area (Å²) in [4.78, 5) is 3.90. The number of hydrogen-bond donors (Lipinski definition) is 0. The molecule has 16 heavy (non-hydrogen) atoms. The van der Waals surface area contributed by atoms with Gasteiger partial charge in [0, 0.05) is 7.05 Å². The highest BCUT2D eigenvalue weighted by atomic mass is 32.2. The molecule has 0 fully saturated rings. The molecule has 1 aromatic carbocycles. The molecule has 0 bridgehead atoms. The number of nitrogens with zero attached hydrogens (tertiary/aromatic N) is 2. The fraction of sp³-hybridized carbons (Fsp3) is 0.222. The number of halogens is 1. The molecule has 2 rings (SSSR count).